The Labute approximate surface area is 163 Å². The number of carbonyl (C=O) groups excluding carboxylic acids is 1. The highest BCUT2D eigenvalue weighted by atomic mass is 16.5. The van der Waals surface area contributed by atoms with E-state index in [0.29, 0.717) is 36.9 Å². The number of aromatic nitrogens is 4. The van der Waals surface area contributed by atoms with E-state index in [1.165, 1.54) is 0 Å². The number of para-hydroxylation sites is 2. The maximum atomic E-state index is 12.5. The monoisotopic (exact) mass is 382 g/mol. The van der Waals surface area contributed by atoms with Crippen LogP contribution >= 0.6 is 0 Å². The first-order chi connectivity index (χ1) is 13.8. The lowest BCUT2D eigenvalue weighted by Crippen LogP contribution is -2.14. The van der Waals surface area contributed by atoms with Gasteiger partial charge in [-0.15, -0.1) is 5.10 Å². The molecule has 0 saturated carbocycles. The lowest BCUT2D eigenvalue weighted by Gasteiger charge is -2.12. The lowest BCUT2D eigenvalue weighted by atomic mass is 10.2. The normalized spacial score (nSPS) is 10.5. The molecule has 0 unspecified atom stereocenters. The average molecular weight is 382 g/mol. The van der Waals surface area contributed by atoms with Gasteiger partial charge in [0.1, 0.15) is 30.3 Å². The van der Waals surface area contributed by atoms with Gasteiger partial charge in [-0.1, -0.05) is 37.3 Å². The zero-order chi connectivity index (χ0) is 19.6. The molecule has 1 aromatic heterocycles. The quantitative estimate of drug-likeness (QED) is 0.393. The third-order valence-corrected chi connectivity index (χ3v) is 3.83. The Balaban J connectivity index is 1.53. The molecular formula is C20H22N4O4. The summed E-state index contributed by atoms with van der Waals surface area (Å²) in [7, 11) is 0. The second kappa shape index (κ2) is 10.1. The molecular weight excluding hydrogens is 360 g/mol. The van der Waals surface area contributed by atoms with Gasteiger partial charge in [-0.05, 0) is 41.1 Å². The van der Waals surface area contributed by atoms with Crippen LogP contribution < -0.4 is 9.47 Å². The Morgan fingerprint density at radius 1 is 1.00 bits per heavy atom. The predicted octanol–water partition coefficient (Wildman–Crippen LogP) is 2.90. The highest BCUT2D eigenvalue weighted by Crippen LogP contribution is 2.19. The van der Waals surface area contributed by atoms with Crippen LogP contribution in [0, 0.1) is 0 Å². The van der Waals surface area contributed by atoms with E-state index in [4.69, 9.17) is 14.2 Å². The van der Waals surface area contributed by atoms with Crippen molar-refractivity contribution in [2.45, 2.75) is 26.5 Å². The van der Waals surface area contributed by atoms with E-state index >= 15 is 0 Å². The van der Waals surface area contributed by atoms with Crippen LogP contribution in [0.25, 0.3) is 0 Å². The number of ether oxygens (including phenoxy) is 3. The van der Waals surface area contributed by atoms with E-state index in [-0.39, 0.29) is 6.61 Å². The molecule has 0 N–H and O–H groups in total. The number of tetrazole rings is 1. The van der Waals surface area contributed by atoms with Crippen LogP contribution in [0.2, 0.25) is 0 Å². The largest absolute Gasteiger partial charge is 0.490 e. The van der Waals surface area contributed by atoms with Crippen molar-refractivity contribution in [3.63, 3.8) is 0 Å². The molecule has 0 spiro atoms. The number of nitrogens with zero attached hydrogens (tertiary/aromatic N) is 4. The number of carbonyl (C=O) groups is 1. The van der Waals surface area contributed by atoms with E-state index in [2.05, 4.69) is 15.5 Å². The van der Waals surface area contributed by atoms with Crippen molar-refractivity contribution in [3.8, 4) is 11.5 Å². The zero-order valence-corrected chi connectivity index (χ0v) is 15.7. The summed E-state index contributed by atoms with van der Waals surface area (Å²) in [5, 5.41) is 11.4. The summed E-state index contributed by atoms with van der Waals surface area (Å²) in [6, 6.07) is 16.4. The second-order valence-electron chi connectivity index (χ2n) is 5.90. The zero-order valence-electron chi connectivity index (χ0n) is 15.7. The molecule has 2 aromatic carbocycles. The van der Waals surface area contributed by atoms with Crippen LogP contribution in [-0.4, -0.2) is 39.4 Å². The van der Waals surface area contributed by atoms with Crippen LogP contribution in [0.4, 0.5) is 0 Å². The Morgan fingerprint density at radius 3 is 2.57 bits per heavy atom. The summed E-state index contributed by atoms with van der Waals surface area (Å²) in [5.74, 6) is 1.22. The average Bonchev–Trinajstić information content (AvgIpc) is 3.18. The summed E-state index contributed by atoms with van der Waals surface area (Å²) >= 11 is 0. The lowest BCUT2D eigenvalue weighted by molar-refractivity contribution is 0.0451. The molecule has 1 heterocycles. The summed E-state index contributed by atoms with van der Waals surface area (Å²) in [6.45, 7) is 3.35. The molecule has 0 amide bonds. The summed E-state index contributed by atoms with van der Waals surface area (Å²) in [4.78, 5) is 12.5. The van der Waals surface area contributed by atoms with Gasteiger partial charge in [0.15, 0.2) is 12.4 Å². The minimum atomic E-state index is -0.495. The highest BCUT2D eigenvalue weighted by Gasteiger charge is 2.15. The maximum Gasteiger partial charge on any atom is 0.342 e. The van der Waals surface area contributed by atoms with E-state index in [1.807, 2.05) is 37.3 Å². The van der Waals surface area contributed by atoms with Gasteiger partial charge in [0.2, 0.25) is 0 Å². The highest BCUT2D eigenvalue weighted by molar-refractivity contribution is 5.92. The van der Waals surface area contributed by atoms with Gasteiger partial charge in [-0.2, -0.15) is 0 Å². The summed E-state index contributed by atoms with van der Waals surface area (Å²) in [5.41, 5.74) is 0.344. The van der Waals surface area contributed by atoms with Gasteiger partial charge >= 0.3 is 5.97 Å². The number of aryl methyl sites for hydroxylation is 1. The molecule has 0 atom stereocenters. The molecule has 28 heavy (non-hydrogen) atoms. The Bertz CT molecular complexity index is 883. The van der Waals surface area contributed by atoms with Crippen LogP contribution in [0.15, 0.2) is 54.6 Å². The topological polar surface area (TPSA) is 88.4 Å². The van der Waals surface area contributed by atoms with Gasteiger partial charge in [0, 0.05) is 6.54 Å². The summed E-state index contributed by atoms with van der Waals surface area (Å²) in [6.07, 6.45) is 0.883. The molecule has 0 bridgehead atoms. The van der Waals surface area contributed by atoms with E-state index < -0.39 is 5.97 Å². The second-order valence-corrected chi connectivity index (χ2v) is 5.90. The first kappa shape index (κ1) is 19.3. The molecule has 8 nitrogen and oxygen atoms in total. The minimum absolute atomic E-state index is 0.00269. The Hall–Kier alpha value is -3.42. The molecule has 8 heteroatoms. The SMILES string of the molecule is CCCn1nnnc1COC(=O)c1ccccc1OCCOc1ccccc1. The van der Waals surface area contributed by atoms with Crippen molar-refractivity contribution < 1.29 is 19.0 Å². The molecule has 146 valence electrons. The smallest absolute Gasteiger partial charge is 0.342 e. The Morgan fingerprint density at radius 2 is 1.75 bits per heavy atom. The molecule has 0 aliphatic rings. The minimum Gasteiger partial charge on any atom is -0.490 e. The molecule has 0 saturated heterocycles. The Kier molecular flexibility index (Phi) is 6.95. The van der Waals surface area contributed by atoms with Crippen LogP contribution in [-0.2, 0) is 17.9 Å². The van der Waals surface area contributed by atoms with E-state index in [0.717, 1.165) is 12.2 Å². The third-order valence-electron chi connectivity index (χ3n) is 3.83. The molecule has 3 aromatic rings. The number of hydrogen-bond donors (Lipinski definition) is 0. The van der Waals surface area contributed by atoms with E-state index in [1.54, 1.807) is 28.9 Å². The fourth-order valence-corrected chi connectivity index (χ4v) is 2.51. The number of esters is 1. The standard InChI is InChI=1S/C20H22N4O4/c1-2-12-24-19(21-22-23-24)15-28-20(25)17-10-6-7-11-18(17)27-14-13-26-16-8-4-3-5-9-16/h3-11H,2,12-15H2,1H3. The van der Waals surface area contributed by atoms with Crippen molar-refractivity contribution in [2.75, 3.05) is 13.2 Å². The first-order valence-electron chi connectivity index (χ1n) is 9.09. The fraction of sp³-hybridized carbons (Fsp3) is 0.300. The van der Waals surface area contributed by atoms with Crippen LogP contribution in [0.5, 0.6) is 11.5 Å². The van der Waals surface area contributed by atoms with Gasteiger partial charge in [0.05, 0.1) is 0 Å². The maximum absolute atomic E-state index is 12.5. The number of benzene rings is 2. The van der Waals surface area contributed by atoms with Crippen LogP contribution in [0.1, 0.15) is 29.5 Å². The molecule has 0 aliphatic heterocycles. The molecule has 0 fully saturated rings. The van der Waals surface area contributed by atoms with Gasteiger partial charge in [-0.25, -0.2) is 9.48 Å². The van der Waals surface area contributed by atoms with Crippen molar-refractivity contribution in [1.29, 1.82) is 0 Å². The fourth-order valence-electron chi connectivity index (χ4n) is 2.51. The number of hydrogen-bond acceptors (Lipinski definition) is 7. The van der Waals surface area contributed by atoms with E-state index in [9.17, 15) is 4.79 Å². The van der Waals surface area contributed by atoms with Crippen LogP contribution in [0.3, 0.4) is 0 Å². The third kappa shape index (κ3) is 5.29. The number of rotatable bonds is 10. The predicted molar refractivity (Wildman–Crippen MR) is 101 cm³/mol. The van der Waals surface area contributed by atoms with Crippen molar-refractivity contribution >= 4 is 5.97 Å². The van der Waals surface area contributed by atoms with Crippen molar-refractivity contribution in [2.24, 2.45) is 0 Å². The van der Waals surface area contributed by atoms with Gasteiger partial charge in [-0.3, -0.25) is 0 Å². The van der Waals surface area contributed by atoms with Gasteiger partial charge in [0.25, 0.3) is 0 Å². The van der Waals surface area contributed by atoms with Gasteiger partial charge < -0.3 is 14.2 Å². The first-order valence-corrected chi connectivity index (χ1v) is 9.09. The van der Waals surface area contributed by atoms with Crippen molar-refractivity contribution in [1.82, 2.24) is 20.2 Å². The van der Waals surface area contributed by atoms with Crippen molar-refractivity contribution in [3.05, 3.63) is 66.0 Å². The molecule has 0 aliphatic carbocycles. The summed E-state index contributed by atoms with van der Waals surface area (Å²) < 4.78 is 18.3. The molecule has 0 radical (unpaired) electrons. The molecule has 3 rings (SSSR count).